The van der Waals surface area contributed by atoms with Gasteiger partial charge in [0.25, 0.3) is 11.6 Å². The van der Waals surface area contributed by atoms with Gasteiger partial charge in [-0.3, -0.25) is 14.9 Å². The van der Waals surface area contributed by atoms with Crippen molar-refractivity contribution in [2.24, 2.45) is 0 Å². The van der Waals surface area contributed by atoms with E-state index in [-0.39, 0.29) is 29.6 Å². The molecule has 2 rings (SSSR count). The first-order valence-electron chi connectivity index (χ1n) is 8.20. The number of nitrogens with one attached hydrogen (secondary N) is 3. The number of para-hydroxylation sites is 2. The number of amides is 1. The second kappa shape index (κ2) is 9.10. The lowest BCUT2D eigenvalue weighted by atomic mass is 10.2. The Hall–Kier alpha value is -2.98. The third-order valence-electron chi connectivity index (χ3n) is 3.59. The van der Waals surface area contributed by atoms with Crippen LogP contribution in [0.5, 0.6) is 0 Å². The van der Waals surface area contributed by atoms with E-state index in [1.165, 1.54) is 30.3 Å². The lowest BCUT2D eigenvalue weighted by Gasteiger charge is -2.09. The molecule has 0 aromatic heterocycles. The van der Waals surface area contributed by atoms with Crippen LogP contribution in [0, 0.1) is 10.1 Å². The van der Waals surface area contributed by atoms with Crippen LogP contribution in [-0.4, -0.2) is 38.9 Å². The smallest absolute Gasteiger partial charge is 0.292 e. The number of sulfonamides is 1. The SMILES string of the molecule is CCNS(=O)(=O)c1ccc(C(=O)NCCNc2ccccc2[N+](=O)[O-])cc1. The maximum atomic E-state index is 12.1. The van der Waals surface area contributed by atoms with Crippen LogP contribution in [0.15, 0.2) is 53.4 Å². The van der Waals surface area contributed by atoms with Gasteiger partial charge in [-0.25, -0.2) is 13.1 Å². The zero-order valence-corrected chi connectivity index (χ0v) is 15.5. The summed E-state index contributed by atoms with van der Waals surface area (Å²) in [5, 5.41) is 16.5. The zero-order chi connectivity index (χ0) is 19.9. The fourth-order valence-corrected chi connectivity index (χ4v) is 3.36. The molecule has 0 bridgehead atoms. The minimum Gasteiger partial charge on any atom is -0.378 e. The third-order valence-corrected chi connectivity index (χ3v) is 5.15. The third kappa shape index (κ3) is 5.50. The fourth-order valence-electron chi connectivity index (χ4n) is 2.32. The molecule has 0 atom stereocenters. The molecule has 0 heterocycles. The Bertz CT molecular complexity index is 913. The van der Waals surface area contributed by atoms with Crippen molar-refractivity contribution in [1.29, 1.82) is 0 Å². The number of carbonyl (C=O) groups is 1. The monoisotopic (exact) mass is 392 g/mol. The summed E-state index contributed by atoms with van der Waals surface area (Å²) in [6.45, 7) is 2.49. The van der Waals surface area contributed by atoms with Gasteiger partial charge in [-0.2, -0.15) is 0 Å². The summed E-state index contributed by atoms with van der Waals surface area (Å²) in [7, 11) is -3.56. The summed E-state index contributed by atoms with van der Waals surface area (Å²) in [6, 6.07) is 11.8. The summed E-state index contributed by atoms with van der Waals surface area (Å²) >= 11 is 0. The number of rotatable bonds is 9. The molecule has 27 heavy (non-hydrogen) atoms. The Morgan fingerprint density at radius 2 is 1.74 bits per heavy atom. The highest BCUT2D eigenvalue weighted by Crippen LogP contribution is 2.22. The molecule has 0 unspecified atom stereocenters. The number of anilines is 1. The van der Waals surface area contributed by atoms with E-state index < -0.39 is 14.9 Å². The largest absolute Gasteiger partial charge is 0.378 e. The van der Waals surface area contributed by atoms with Gasteiger partial charge < -0.3 is 10.6 Å². The summed E-state index contributed by atoms with van der Waals surface area (Å²) in [5.74, 6) is -0.369. The second-order valence-electron chi connectivity index (χ2n) is 5.48. The lowest BCUT2D eigenvalue weighted by molar-refractivity contribution is -0.384. The molecule has 0 saturated heterocycles. The molecular weight excluding hydrogens is 372 g/mol. The molecule has 0 aliphatic rings. The fraction of sp³-hybridized carbons (Fsp3) is 0.235. The molecule has 9 nitrogen and oxygen atoms in total. The van der Waals surface area contributed by atoms with E-state index in [1.807, 2.05) is 0 Å². The lowest BCUT2D eigenvalue weighted by Crippen LogP contribution is -2.29. The van der Waals surface area contributed by atoms with Crippen LogP contribution >= 0.6 is 0 Å². The van der Waals surface area contributed by atoms with Crippen molar-refractivity contribution < 1.29 is 18.1 Å². The number of nitro benzene ring substituents is 1. The van der Waals surface area contributed by atoms with Crippen molar-refractivity contribution >= 4 is 27.3 Å². The van der Waals surface area contributed by atoms with Crippen LogP contribution in [0.25, 0.3) is 0 Å². The minimum atomic E-state index is -3.56. The predicted molar refractivity (Wildman–Crippen MR) is 101 cm³/mol. The molecule has 0 aliphatic carbocycles. The number of benzene rings is 2. The molecule has 0 aliphatic heterocycles. The Balaban J connectivity index is 1.89. The normalized spacial score (nSPS) is 11.0. The first kappa shape index (κ1) is 20.3. The van der Waals surface area contributed by atoms with Crippen molar-refractivity contribution in [3.05, 3.63) is 64.2 Å². The standard InChI is InChI=1S/C17H20N4O5S/c1-2-20-27(25,26)14-9-7-13(8-10-14)17(22)19-12-11-18-15-5-3-4-6-16(15)21(23)24/h3-10,18,20H,2,11-12H2,1H3,(H,19,22). The predicted octanol–water partition coefficient (Wildman–Crippen LogP) is 1.73. The van der Waals surface area contributed by atoms with Gasteiger partial charge in [0, 0.05) is 31.3 Å². The van der Waals surface area contributed by atoms with E-state index in [4.69, 9.17) is 0 Å². The van der Waals surface area contributed by atoms with Crippen LogP contribution in [0.2, 0.25) is 0 Å². The number of nitro groups is 1. The summed E-state index contributed by atoms with van der Waals surface area (Å²) < 4.78 is 26.1. The van der Waals surface area contributed by atoms with E-state index in [0.717, 1.165) is 0 Å². The van der Waals surface area contributed by atoms with Gasteiger partial charge in [0.1, 0.15) is 5.69 Å². The van der Waals surface area contributed by atoms with E-state index in [2.05, 4.69) is 15.4 Å². The molecule has 2 aromatic rings. The van der Waals surface area contributed by atoms with E-state index in [9.17, 15) is 23.3 Å². The van der Waals surface area contributed by atoms with E-state index in [0.29, 0.717) is 17.8 Å². The Morgan fingerprint density at radius 1 is 1.07 bits per heavy atom. The molecule has 0 saturated carbocycles. The molecule has 3 N–H and O–H groups in total. The van der Waals surface area contributed by atoms with Crippen LogP contribution in [0.1, 0.15) is 17.3 Å². The average molecular weight is 392 g/mol. The highest BCUT2D eigenvalue weighted by Gasteiger charge is 2.14. The second-order valence-corrected chi connectivity index (χ2v) is 7.25. The molecule has 1 amide bonds. The van der Waals surface area contributed by atoms with Crippen molar-refractivity contribution in [2.45, 2.75) is 11.8 Å². The highest BCUT2D eigenvalue weighted by atomic mass is 32.2. The summed E-state index contributed by atoms with van der Waals surface area (Å²) in [5.41, 5.74) is 0.646. The van der Waals surface area contributed by atoms with Gasteiger partial charge in [-0.05, 0) is 30.3 Å². The maximum absolute atomic E-state index is 12.1. The molecule has 144 valence electrons. The number of hydrogen-bond donors (Lipinski definition) is 3. The minimum absolute atomic E-state index is 0.0405. The quantitative estimate of drug-likeness (QED) is 0.338. The van der Waals surface area contributed by atoms with Crippen molar-refractivity contribution in [2.75, 3.05) is 25.0 Å². The summed E-state index contributed by atoms with van der Waals surface area (Å²) in [6.07, 6.45) is 0. The van der Waals surface area contributed by atoms with Gasteiger partial charge in [0.15, 0.2) is 0 Å². The van der Waals surface area contributed by atoms with E-state index >= 15 is 0 Å². The maximum Gasteiger partial charge on any atom is 0.292 e. The Kier molecular flexibility index (Phi) is 6.85. The van der Waals surface area contributed by atoms with Gasteiger partial charge in [0.2, 0.25) is 10.0 Å². The first-order valence-corrected chi connectivity index (χ1v) is 9.68. The molecule has 10 heteroatoms. The van der Waals surface area contributed by atoms with Gasteiger partial charge in [-0.1, -0.05) is 19.1 Å². The Morgan fingerprint density at radius 3 is 2.37 bits per heavy atom. The van der Waals surface area contributed by atoms with Gasteiger partial charge in [0.05, 0.1) is 9.82 Å². The molecule has 2 aromatic carbocycles. The van der Waals surface area contributed by atoms with Crippen LogP contribution in [0.4, 0.5) is 11.4 Å². The summed E-state index contributed by atoms with van der Waals surface area (Å²) in [4.78, 5) is 22.6. The van der Waals surface area contributed by atoms with Crippen LogP contribution in [0.3, 0.4) is 0 Å². The Labute approximate surface area is 157 Å². The molecule has 0 radical (unpaired) electrons. The van der Waals surface area contributed by atoms with Crippen molar-refractivity contribution in [1.82, 2.24) is 10.0 Å². The molecule has 0 spiro atoms. The number of carbonyl (C=O) groups excluding carboxylic acids is 1. The first-order chi connectivity index (χ1) is 12.8. The molecule has 0 fully saturated rings. The topological polar surface area (TPSA) is 130 Å². The van der Waals surface area contributed by atoms with Crippen LogP contribution in [-0.2, 0) is 10.0 Å². The number of hydrogen-bond acceptors (Lipinski definition) is 6. The highest BCUT2D eigenvalue weighted by molar-refractivity contribution is 7.89. The van der Waals surface area contributed by atoms with Gasteiger partial charge in [-0.15, -0.1) is 0 Å². The van der Waals surface area contributed by atoms with Crippen LogP contribution < -0.4 is 15.4 Å². The van der Waals surface area contributed by atoms with Crippen molar-refractivity contribution in [3.63, 3.8) is 0 Å². The number of nitrogens with zero attached hydrogens (tertiary/aromatic N) is 1. The zero-order valence-electron chi connectivity index (χ0n) is 14.6. The van der Waals surface area contributed by atoms with Crippen molar-refractivity contribution in [3.8, 4) is 0 Å². The average Bonchev–Trinajstić information content (AvgIpc) is 2.65. The van der Waals surface area contributed by atoms with Gasteiger partial charge >= 0.3 is 0 Å². The molecular formula is C17H20N4O5S. The van der Waals surface area contributed by atoms with E-state index in [1.54, 1.807) is 25.1 Å².